The van der Waals surface area contributed by atoms with Crippen LogP contribution in [0.2, 0.25) is 0 Å². The van der Waals surface area contributed by atoms with Crippen LogP contribution in [0.15, 0.2) is 36.9 Å². The van der Waals surface area contributed by atoms with E-state index in [4.69, 9.17) is 9.57 Å². The highest BCUT2D eigenvalue weighted by atomic mass is 32.2. The van der Waals surface area contributed by atoms with E-state index in [-0.39, 0.29) is 13.2 Å². The van der Waals surface area contributed by atoms with Gasteiger partial charge in [-0.3, -0.25) is 4.84 Å². The quantitative estimate of drug-likeness (QED) is 0.546. The molecule has 0 aliphatic carbocycles. The van der Waals surface area contributed by atoms with Crippen LogP contribution in [0.5, 0.6) is 0 Å². The summed E-state index contributed by atoms with van der Waals surface area (Å²) in [5, 5.41) is 2.09. The number of rotatable bonds is 6. The Kier molecular flexibility index (Phi) is 4.39. The lowest BCUT2D eigenvalue weighted by atomic mass is 10.0. The van der Waals surface area contributed by atoms with E-state index in [0.717, 1.165) is 20.7 Å². The van der Waals surface area contributed by atoms with Gasteiger partial charge < -0.3 is 4.74 Å². The number of para-hydroxylation sites is 1. The molecular weight excluding hydrogens is 350 g/mol. The van der Waals surface area contributed by atoms with Crippen molar-refractivity contribution in [1.29, 1.82) is 0 Å². The van der Waals surface area contributed by atoms with E-state index in [9.17, 15) is 18.0 Å². The summed E-state index contributed by atoms with van der Waals surface area (Å²) < 4.78 is 30.1. The molecule has 0 N–H and O–H groups in total. The second-order valence-corrected chi connectivity index (χ2v) is 7.33. The molecular formula is C15H17N3O6S. The summed E-state index contributed by atoms with van der Waals surface area (Å²) in [6.07, 6.45) is 2.44. The van der Waals surface area contributed by atoms with Gasteiger partial charge in [0.05, 0.1) is 18.5 Å². The molecule has 3 rings (SSSR count). The summed E-state index contributed by atoms with van der Waals surface area (Å²) in [5.41, 5.74) is 1.00. The average molecular weight is 367 g/mol. The Bertz CT molecular complexity index is 824. The highest BCUT2D eigenvalue weighted by Crippen LogP contribution is 2.43. The van der Waals surface area contributed by atoms with Crippen molar-refractivity contribution >= 4 is 27.7 Å². The number of carbonyl (C=O) groups excluding carboxylic acids is 2. The molecule has 0 saturated carbocycles. The van der Waals surface area contributed by atoms with Crippen LogP contribution in [0, 0.1) is 0 Å². The zero-order valence-corrected chi connectivity index (χ0v) is 14.3. The molecule has 1 atom stereocenters. The molecule has 2 amide bonds. The highest BCUT2D eigenvalue weighted by molar-refractivity contribution is 7.92. The first-order valence-corrected chi connectivity index (χ1v) is 9.28. The van der Waals surface area contributed by atoms with Gasteiger partial charge in [-0.1, -0.05) is 30.9 Å². The van der Waals surface area contributed by atoms with E-state index in [1.807, 2.05) is 0 Å². The van der Waals surface area contributed by atoms with Crippen molar-refractivity contribution in [2.45, 2.75) is 6.04 Å². The maximum absolute atomic E-state index is 12.6. The molecule has 9 nitrogen and oxygen atoms in total. The van der Waals surface area contributed by atoms with Crippen LogP contribution in [0.25, 0.3) is 0 Å². The molecule has 1 aromatic carbocycles. The zero-order chi connectivity index (χ0) is 18.2. The van der Waals surface area contributed by atoms with Gasteiger partial charge in [-0.05, 0) is 6.07 Å². The topological polar surface area (TPSA) is 96.5 Å². The molecule has 0 aromatic heterocycles. The van der Waals surface area contributed by atoms with Crippen LogP contribution in [0.3, 0.4) is 0 Å². The molecule has 134 valence electrons. The maximum Gasteiger partial charge on any atom is 0.364 e. The number of benzene rings is 1. The third-order valence-electron chi connectivity index (χ3n) is 3.76. The monoisotopic (exact) mass is 367 g/mol. The molecule has 0 radical (unpaired) electrons. The highest BCUT2D eigenvalue weighted by Gasteiger charge is 2.50. The molecule has 1 unspecified atom stereocenters. The number of amides is 2. The number of anilines is 1. The van der Waals surface area contributed by atoms with Crippen LogP contribution < -0.4 is 4.41 Å². The van der Waals surface area contributed by atoms with Gasteiger partial charge in [0.2, 0.25) is 10.0 Å². The smallest absolute Gasteiger partial charge is 0.364 e. The number of nitrogens with zero attached hydrogens (tertiary/aromatic N) is 3. The van der Waals surface area contributed by atoms with Crippen LogP contribution in [0.4, 0.5) is 10.5 Å². The average Bonchev–Trinajstić information content (AvgIpc) is 2.83. The fraction of sp³-hybridized carbons (Fsp3) is 0.333. The van der Waals surface area contributed by atoms with Gasteiger partial charge in [0.25, 0.3) is 0 Å². The first-order valence-electron chi connectivity index (χ1n) is 7.44. The lowest BCUT2D eigenvalue weighted by molar-refractivity contribution is -0.172. The summed E-state index contributed by atoms with van der Waals surface area (Å²) in [5.74, 6) is -0.655. The van der Waals surface area contributed by atoms with Crippen molar-refractivity contribution in [2.75, 3.05) is 30.4 Å². The Balaban J connectivity index is 1.88. The number of hydrogen-bond acceptors (Lipinski definition) is 6. The molecule has 2 aliphatic rings. The Morgan fingerprint density at radius 2 is 2.12 bits per heavy atom. The zero-order valence-electron chi connectivity index (χ0n) is 13.5. The second-order valence-electron chi connectivity index (χ2n) is 5.52. The predicted molar refractivity (Wildman–Crippen MR) is 87.6 cm³/mol. The number of hydroxylamine groups is 2. The molecule has 2 heterocycles. The van der Waals surface area contributed by atoms with Gasteiger partial charge in [-0.25, -0.2) is 23.0 Å². The Morgan fingerprint density at radius 1 is 1.40 bits per heavy atom. The minimum Gasteiger partial charge on any atom is -0.460 e. The summed E-state index contributed by atoms with van der Waals surface area (Å²) in [6, 6.07) is 5.59. The summed E-state index contributed by atoms with van der Waals surface area (Å²) >= 11 is 0. The van der Waals surface area contributed by atoms with Gasteiger partial charge in [0.1, 0.15) is 12.6 Å². The maximum atomic E-state index is 12.6. The first-order chi connectivity index (χ1) is 11.8. The van der Waals surface area contributed by atoms with Crippen molar-refractivity contribution in [3.63, 3.8) is 0 Å². The van der Waals surface area contributed by atoms with Gasteiger partial charge in [-0.15, -0.1) is 0 Å². The number of esters is 1. The normalized spacial score (nSPS) is 19.0. The van der Waals surface area contributed by atoms with Crippen LogP contribution in [0.1, 0.15) is 11.6 Å². The molecule has 1 saturated heterocycles. The van der Waals surface area contributed by atoms with Crippen LogP contribution in [-0.4, -0.2) is 56.5 Å². The van der Waals surface area contributed by atoms with Crippen LogP contribution >= 0.6 is 0 Å². The van der Waals surface area contributed by atoms with Crippen molar-refractivity contribution in [3.05, 3.63) is 42.5 Å². The van der Waals surface area contributed by atoms with E-state index in [0.29, 0.717) is 11.3 Å². The number of hydrogen-bond donors (Lipinski definition) is 0. The van der Waals surface area contributed by atoms with Crippen molar-refractivity contribution in [1.82, 2.24) is 10.1 Å². The van der Waals surface area contributed by atoms with Gasteiger partial charge >= 0.3 is 12.0 Å². The number of ether oxygens (including phenoxy) is 1. The summed E-state index contributed by atoms with van der Waals surface area (Å²) in [7, 11) is -3.72. The van der Waals surface area contributed by atoms with E-state index in [1.165, 1.54) is 6.08 Å². The molecule has 1 fully saturated rings. The standard InChI is InChI=1S/C15H17N3O6S/c1-3-8-23-14(19)10-24-17-13-9-16(15(17)20)18(25(2,21)22)12-7-5-4-6-11(12)13/h3-7,13H,1,8-10H2,2H3. The number of fused-ring (bicyclic) bond motifs is 4. The SMILES string of the molecule is C=CCOC(=O)CON1C(=O)N2CC1c1ccccc1N2S(C)(=O)=O. The van der Waals surface area contributed by atoms with Gasteiger partial charge in [0.15, 0.2) is 6.61 Å². The summed E-state index contributed by atoms with van der Waals surface area (Å²) in [6.45, 7) is 3.10. The largest absolute Gasteiger partial charge is 0.460 e. The minimum absolute atomic E-state index is 0.0381. The summed E-state index contributed by atoms with van der Waals surface area (Å²) in [4.78, 5) is 29.5. The Morgan fingerprint density at radius 3 is 2.80 bits per heavy atom. The van der Waals surface area contributed by atoms with E-state index in [1.54, 1.807) is 24.3 Å². The van der Waals surface area contributed by atoms with E-state index in [2.05, 4.69) is 6.58 Å². The molecule has 2 bridgehead atoms. The molecule has 1 aromatic rings. The van der Waals surface area contributed by atoms with Crippen molar-refractivity contribution in [3.8, 4) is 0 Å². The molecule has 0 spiro atoms. The molecule has 25 heavy (non-hydrogen) atoms. The van der Waals surface area contributed by atoms with Gasteiger partial charge in [-0.2, -0.15) is 9.48 Å². The Hall–Kier alpha value is -2.59. The number of hydrazine groups is 1. The molecule has 10 heteroatoms. The van der Waals surface area contributed by atoms with Crippen molar-refractivity contribution in [2.24, 2.45) is 0 Å². The molecule has 2 aliphatic heterocycles. The fourth-order valence-electron chi connectivity index (χ4n) is 2.83. The third kappa shape index (κ3) is 3.05. The first kappa shape index (κ1) is 17.2. The lowest BCUT2D eigenvalue weighted by Crippen LogP contribution is -2.49. The van der Waals surface area contributed by atoms with E-state index < -0.39 is 34.7 Å². The van der Waals surface area contributed by atoms with Gasteiger partial charge in [0, 0.05) is 5.56 Å². The number of urea groups is 1. The van der Waals surface area contributed by atoms with Crippen molar-refractivity contribution < 1.29 is 27.6 Å². The Labute approximate surface area is 145 Å². The minimum atomic E-state index is -3.72. The lowest BCUT2D eigenvalue weighted by Gasteiger charge is -2.34. The van der Waals surface area contributed by atoms with E-state index >= 15 is 0 Å². The van der Waals surface area contributed by atoms with Crippen LogP contribution in [-0.2, 0) is 24.4 Å². The number of sulfonamides is 1. The predicted octanol–water partition coefficient (Wildman–Crippen LogP) is 0.821. The second kappa shape index (κ2) is 6.37. The third-order valence-corrected chi connectivity index (χ3v) is 4.78. The number of carbonyl (C=O) groups is 2. The fourth-order valence-corrected chi connectivity index (χ4v) is 3.85.